The highest BCUT2D eigenvalue weighted by Gasteiger charge is 2.39. The summed E-state index contributed by atoms with van der Waals surface area (Å²) in [5, 5.41) is 0.241. The maximum absolute atomic E-state index is 11.7. The van der Waals surface area contributed by atoms with Crippen LogP contribution in [0.4, 0.5) is 13.2 Å². The first kappa shape index (κ1) is 12.5. The standard InChI is InChI=1S/C5H7F3N2O2.ClH/c6-5(7,8)2-10-4(11)3(9)1-12-10;/h3H,1-2,9H2;1H. The summed E-state index contributed by atoms with van der Waals surface area (Å²) in [6, 6.07) is -0.965. The Hall–Kier alpha value is -0.530. The maximum atomic E-state index is 11.7. The van der Waals surface area contributed by atoms with Crippen LogP contribution >= 0.6 is 12.4 Å². The molecule has 1 atom stereocenters. The number of nitrogens with two attached hydrogens (primary N) is 1. The molecule has 0 aromatic rings. The predicted octanol–water partition coefficient (Wildman–Crippen LogP) is 0.0716. The molecule has 1 unspecified atom stereocenters. The second-order valence-corrected chi connectivity index (χ2v) is 2.39. The van der Waals surface area contributed by atoms with Gasteiger partial charge in [-0.2, -0.15) is 13.2 Å². The van der Waals surface area contributed by atoms with Crippen LogP contribution in [0.25, 0.3) is 0 Å². The first-order chi connectivity index (χ1) is 5.40. The number of hydrogen-bond acceptors (Lipinski definition) is 3. The number of carbonyl (C=O) groups is 1. The normalized spacial score (nSPS) is 23.2. The van der Waals surface area contributed by atoms with Crippen molar-refractivity contribution in [2.24, 2.45) is 5.73 Å². The van der Waals surface area contributed by atoms with Crippen molar-refractivity contribution in [3.05, 3.63) is 0 Å². The molecule has 1 rings (SSSR count). The smallest absolute Gasteiger partial charge is 0.318 e. The van der Waals surface area contributed by atoms with Crippen LogP contribution in [0.3, 0.4) is 0 Å². The van der Waals surface area contributed by atoms with Gasteiger partial charge in [-0.1, -0.05) is 0 Å². The quantitative estimate of drug-likeness (QED) is 0.681. The Morgan fingerprint density at radius 1 is 1.62 bits per heavy atom. The van der Waals surface area contributed by atoms with Crippen LogP contribution in [-0.2, 0) is 9.63 Å². The Balaban J connectivity index is 0.00000144. The predicted molar refractivity (Wildman–Crippen MR) is 38.9 cm³/mol. The van der Waals surface area contributed by atoms with Gasteiger partial charge in [0.05, 0.1) is 6.61 Å². The summed E-state index contributed by atoms with van der Waals surface area (Å²) in [7, 11) is 0. The van der Waals surface area contributed by atoms with E-state index in [1.165, 1.54) is 0 Å². The molecule has 13 heavy (non-hydrogen) atoms. The number of rotatable bonds is 1. The fraction of sp³-hybridized carbons (Fsp3) is 0.800. The van der Waals surface area contributed by atoms with Crippen molar-refractivity contribution in [3.8, 4) is 0 Å². The summed E-state index contributed by atoms with van der Waals surface area (Å²) in [5.41, 5.74) is 5.10. The number of carbonyl (C=O) groups excluding carboxylic acids is 1. The topological polar surface area (TPSA) is 55.6 Å². The lowest BCUT2D eigenvalue weighted by Gasteiger charge is -2.15. The van der Waals surface area contributed by atoms with E-state index in [0.29, 0.717) is 0 Å². The molecule has 0 radical (unpaired) electrons. The van der Waals surface area contributed by atoms with Gasteiger partial charge in [0.2, 0.25) is 0 Å². The number of nitrogens with zero attached hydrogens (tertiary/aromatic N) is 1. The van der Waals surface area contributed by atoms with E-state index < -0.39 is 24.7 Å². The first-order valence-electron chi connectivity index (χ1n) is 3.17. The lowest BCUT2D eigenvalue weighted by atomic mass is 10.3. The summed E-state index contributed by atoms with van der Waals surface area (Å²) in [6.07, 6.45) is -4.44. The molecule has 0 spiro atoms. The van der Waals surface area contributed by atoms with Crippen LogP contribution in [0.15, 0.2) is 0 Å². The number of amides is 1. The van der Waals surface area contributed by atoms with Crippen LogP contribution in [-0.4, -0.2) is 36.3 Å². The summed E-state index contributed by atoms with van der Waals surface area (Å²) >= 11 is 0. The molecular formula is C5H8ClF3N2O2. The first-order valence-corrected chi connectivity index (χ1v) is 3.17. The molecule has 1 aliphatic rings. The van der Waals surface area contributed by atoms with Gasteiger partial charge in [0.25, 0.3) is 5.91 Å². The van der Waals surface area contributed by atoms with Crippen LogP contribution in [0.5, 0.6) is 0 Å². The van der Waals surface area contributed by atoms with Gasteiger partial charge in [0, 0.05) is 0 Å². The van der Waals surface area contributed by atoms with Crippen molar-refractivity contribution < 1.29 is 22.8 Å². The second-order valence-electron chi connectivity index (χ2n) is 2.39. The zero-order valence-electron chi connectivity index (χ0n) is 6.37. The zero-order chi connectivity index (χ0) is 9.35. The molecule has 1 amide bonds. The van der Waals surface area contributed by atoms with E-state index in [-0.39, 0.29) is 24.1 Å². The Kier molecular flexibility index (Phi) is 3.95. The fourth-order valence-electron chi connectivity index (χ4n) is 0.777. The fourth-order valence-corrected chi connectivity index (χ4v) is 0.777. The van der Waals surface area contributed by atoms with E-state index >= 15 is 0 Å². The minimum atomic E-state index is -4.44. The van der Waals surface area contributed by atoms with Gasteiger partial charge in [-0.05, 0) is 0 Å². The SMILES string of the molecule is Cl.NC1CON(CC(F)(F)F)C1=O. The molecule has 1 heterocycles. The molecule has 0 bridgehead atoms. The van der Waals surface area contributed by atoms with Gasteiger partial charge in [-0.15, -0.1) is 12.4 Å². The van der Waals surface area contributed by atoms with E-state index in [0.717, 1.165) is 0 Å². The number of hydrogen-bond donors (Lipinski definition) is 1. The largest absolute Gasteiger partial charge is 0.408 e. The van der Waals surface area contributed by atoms with Gasteiger partial charge in [-0.25, -0.2) is 5.06 Å². The van der Waals surface area contributed by atoms with Gasteiger partial charge in [0.15, 0.2) is 0 Å². The molecule has 1 aliphatic heterocycles. The van der Waals surface area contributed by atoms with Gasteiger partial charge >= 0.3 is 6.18 Å². The highest BCUT2D eigenvalue weighted by Crippen LogP contribution is 2.19. The number of alkyl halides is 3. The summed E-state index contributed by atoms with van der Waals surface area (Å²) in [6.45, 7) is -1.59. The molecule has 0 aromatic heterocycles. The zero-order valence-corrected chi connectivity index (χ0v) is 7.19. The van der Waals surface area contributed by atoms with E-state index in [4.69, 9.17) is 5.73 Å². The third kappa shape index (κ3) is 3.37. The molecule has 0 aromatic carbocycles. The molecule has 1 fully saturated rings. The van der Waals surface area contributed by atoms with Crippen LogP contribution in [0, 0.1) is 0 Å². The van der Waals surface area contributed by atoms with Crippen molar-refractivity contribution in [1.82, 2.24) is 5.06 Å². The average Bonchev–Trinajstić information content (AvgIpc) is 2.16. The molecule has 0 aliphatic carbocycles. The maximum Gasteiger partial charge on any atom is 0.408 e. The van der Waals surface area contributed by atoms with E-state index in [1.54, 1.807) is 0 Å². The Labute approximate surface area is 78.2 Å². The van der Waals surface area contributed by atoms with E-state index in [9.17, 15) is 18.0 Å². The lowest BCUT2D eigenvalue weighted by Crippen LogP contribution is -2.39. The average molecular weight is 221 g/mol. The van der Waals surface area contributed by atoms with Crippen molar-refractivity contribution in [2.45, 2.75) is 12.2 Å². The van der Waals surface area contributed by atoms with Crippen molar-refractivity contribution in [1.29, 1.82) is 0 Å². The summed E-state index contributed by atoms with van der Waals surface area (Å²) in [5.74, 6) is -0.827. The molecule has 78 valence electrons. The third-order valence-electron chi connectivity index (χ3n) is 1.30. The van der Waals surface area contributed by atoms with Crippen LogP contribution in [0.2, 0.25) is 0 Å². The van der Waals surface area contributed by atoms with Crippen LogP contribution in [0.1, 0.15) is 0 Å². The second kappa shape index (κ2) is 4.12. The Morgan fingerprint density at radius 3 is 2.46 bits per heavy atom. The highest BCUT2D eigenvalue weighted by atomic mass is 35.5. The lowest BCUT2D eigenvalue weighted by molar-refractivity contribution is -0.214. The van der Waals surface area contributed by atoms with Gasteiger partial charge < -0.3 is 5.73 Å². The molecule has 0 saturated carbocycles. The molecule has 4 nitrogen and oxygen atoms in total. The van der Waals surface area contributed by atoms with Gasteiger partial charge in [0.1, 0.15) is 12.6 Å². The van der Waals surface area contributed by atoms with Crippen molar-refractivity contribution >= 4 is 18.3 Å². The summed E-state index contributed by atoms with van der Waals surface area (Å²) in [4.78, 5) is 15.2. The molecule has 2 N–H and O–H groups in total. The Bertz CT molecular complexity index is 199. The monoisotopic (exact) mass is 220 g/mol. The third-order valence-corrected chi connectivity index (χ3v) is 1.30. The molecule has 8 heteroatoms. The Morgan fingerprint density at radius 2 is 2.15 bits per heavy atom. The number of halogens is 4. The number of hydroxylamine groups is 2. The van der Waals surface area contributed by atoms with Crippen molar-refractivity contribution in [2.75, 3.05) is 13.2 Å². The highest BCUT2D eigenvalue weighted by molar-refractivity contribution is 5.85. The summed E-state index contributed by atoms with van der Waals surface area (Å²) < 4.78 is 35.1. The molecule has 1 saturated heterocycles. The minimum absolute atomic E-state index is 0. The van der Waals surface area contributed by atoms with E-state index in [1.807, 2.05) is 0 Å². The van der Waals surface area contributed by atoms with Crippen LogP contribution < -0.4 is 5.73 Å². The minimum Gasteiger partial charge on any atom is -0.318 e. The molecular weight excluding hydrogens is 213 g/mol. The van der Waals surface area contributed by atoms with E-state index in [2.05, 4.69) is 4.84 Å². The van der Waals surface area contributed by atoms with Crippen molar-refractivity contribution in [3.63, 3.8) is 0 Å². The van der Waals surface area contributed by atoms with Gasteiger partial charge in [-0.3, -0.25) is 9.63 Å².